The molecular weight excluding hydrogens is 258 g/mol. The Hall–Kier alpha value is -1.75. The van der Waals surface area contributed by atoms with Crippen LogP contribution >= 0.6 is 0 Å². The van der Waals surface area contributed by atoms with Gasteiger partial charge in [0.25, 0.3) is 0 Å². The average molecular weight is 281 g/mol. The van der Waals surface area contributed by atoms with E-state index in [1.165, 1.54) is 0 Å². The van der Waals surface area contributed by atoms with E-state index < -0.39 is 11.4 Å². The van der Waals surface area contributed by atoms with Crippen molar-refractivity contribution in [1.29, 1.82) is 0 Å². The molecule has 0 aliphatic carbocycles. The number of nitrogens with two attached hydrogens (primary N) is 1. The molecule has 1 aromatic rings. The molecule has 20 heavy (non-hydrogen) atoms. The molecule has 0 amide bonds. The fraction of sp³-hybridized carbons (Fsp3) is 0.533. The zero-order valence-electron chi connectivity index (χ0n) is 12.5. The third kappa shape index (κ3) is 4.42. The van der Waals surface area contributed by atoms with Crippen LogP contribution in [0.5, 0.6) is 11.5 Å². The molecule has 0 saturated heterocycles. The van der Waals surface area contributed by atoms with Gasteiger partial charge in [0.15, 0.2) is 11.5 Å². The van der Waals surface area contributed by atoms with Gasteiger partial charge >= 0.3 is 5.97 Å². The maximum absolute atomic E-state index is 11.0. The van der Waals surface area contributed by atoms with Gasteiger partial charge in [-0.3, -0.25) is 4.79 Å². The van der Waals surface area contributed by atoms with Gasteiger partial charge in [-0.25, -0.2) is 0 Å². The van der Waals surface area contributed by atoms with Crippen LogP contribution in [0.15, 0.2) is 18.2 Å². The van der Waals surface area contributed by atoms with E-state index in [2.05, 4.69) is 0 Å². The highest BCUT2D eigenvalue weighted by Gasteiger charge is 2.28. The molecule has 1 aromatic carbocycles. The summed E-state index contributed by atoms with van der Waals surface area (Å²) in [5.41, 5.74) is 5.87. The van der Waals surface area contributed by atoms with Crippen molar-refractivity contribution in [3.8, 4) is 11.5 Å². The molecule has 112 valence electrons. The smallest absolute Gasteiger partial charge is 0.312 e. The lowest BCUT2D eigenvalue weighted by Gasteiger charge is -2.20. The first-order chi connectivity index (χ1) is 9.26. The molecule has 0 aliphatic rings. The summed E-state index contributed by atoms with van der Waals surface area (Å²) in [7, 11) is 1.56. The molecule has 1 atom stereocenters. The van der Waals surface area contributed by atoms with Crippen molar-refractivity contribution in [2.45, 2.75) is 33.2 Å². The molecular formula is C15H23NO4. The normalized spacial score (nSPS) is 12.8. The molecule has 1 rings (SSSR count). The highest BCUT2D eigenvalue weighted by atomic mass is 16.5. The van der Waals surface area contributed by atoms with Crippen LogP contribution in [0.2, 0.25) is 0 Å². The zero-order chi connectivity index (χ0) is 15.3. The van der Waals surface area contributed by atoms with Crippen LogP contribution < -0.4 is 15.2 Å². The Bertz CT molecular complexity index is 469. The minimum absolute atomic E-state index is 0.0671. The van der Waals surface area contributed by atoms with Gasteiger partial charge in [0.05, 0.1) is 12.5 Å². The summed E-state index contributed by atoms with van der Waals surface area (Å²) in [6.45, 7) is 5.25. The van der Waals surface area contributed by atoms with Gasteiger partial charge in [-0.05, 0) is 44.9 Å². The van der Waals surface area contributed by atoms with E-state index in [1.54, 1.807) is 27.0 Å². The number of carboxylic acid groups (broad SMARTS) is 1. The van der Waals surface area contributed by atoms with Gasteiger partial charge in [0.2, 0.25) is 0 Å². The molecule has 0 fully saturated rings. The van der Waals surface area contributed by atoms with E-state index in [0.717, 1.165) is 12.0 Å². The minimum atomic E-state index is -0.949. The van der Waals surface area contributed by atoms with Crippen LogP contribution in [0, 0.1) is 5.41 Å². The molecule has 5 nitrogen and oxygen atoms in total. The molecule has 3 N–H and O–H groups in total. The average Bonchev–Trinajstić information content (AvgIpc) is 2.36. The lowest BCUT2D eigenvalue weighted by atomic mass is 9.95. The molecule has 0 aliphatic heterocycles. The molecule has 1 unspecified atom stereocenters. The largest absolute Gasteiger partial charge is 0.493 e. The molecule has 0 saturated carbocycles. The van der Waals surface area contributed by atoms with Crippen molar-refractivity contribution < 1.29 is 19.4 Å². The highest BCUT2D eigenvalue weighted by molar-refractivity contribution is 5.73. The van der Waals surface area contributed by atoms with E-state index >= 15 is 0 Å². The van der Waals surface area contributed by atoms with Crippen molar-refractivity contribution in [2.24, 2.45) is 11.1 Å². The van der Waals surface area contributed by atoms with Crippen LogP contribution in [0.1, 0.15) is 26.3 Å². The summed E-state index contributed by atoms with van der Waals surface area (Å²) < 4.78 is 10.9. The first kappa shape index (κ1) is 16.3. The molecule has 0 radical (unpaired) electrons. The number of aliphatic carboxylic acids is 1. The molecule has 0 spiro atoms. The number of rotatable bonds is 7. The predicted octanol–water partition coefficient (Wildman–Crippen LogP) is 2.07. The second kappa shape index (κ2) is 6.61. The van der Waals surface area contributed by atoms with Crippen molar-refractivity contribution in [3.63, 3.8) is 0 Å². The van der Waals surface area contributed by atoms with Crippen LogP contribution in [0.4, 0.5) is 0 Å². The van der Waals surface area contributed by atoms with Gasteiger partial charge < -0.3 is 20.3 Å². The number of carbonyl (C=O) groups is 1. The Balaban J connectivity index is 2.83. The minimum Gasteiger partial charge on any atom is -0.493 e. The van der Waals surface area contributed by atoms with Crippen LogP contribution in [-0.4, -0.2) is 30.8 Å². The second-order valence-corrected chi connectivity index (χ2v) is 5.64. The van der Waals surface area contributed by atoms with Gasteiger partial charge in [-0.15, -0.1) is 0 Å². The fourth-order valence-electron chi connectivity index (χ4n) is 1.65. The Morgan fingerprint density at radius 3 is 2.55 bits per heavy atom. The van der Waals surface area contributed by atoms with Gasteiger partial charge in [-0.1, -0.05) is 6.07 Å². The van der Waals surface area contributed by atoms with Crippen molar-refractivity contribution in [3.05, 3.63) is 23.8 Å². The maximum Gasteiger partial charge on any atom is 0.312 e. The van der Waals surface area contributed by atoms with Crippen molar-refractivity contribution in [2.75, 3.05) is 13.7 Å². The Kier molecular flexibility index (Phi) is 5.39. The lowest BCUT2D eigenvalue weighted by Crippen LogP contribution is -2.30. The summed E-state index contributed by atoms with van der Waals surface area (Å²) in [6.07, 6.45) is 0.747. The molecule has 0 heterocycles. The summed E-state index contributed by atoms with van der Waals surface area (Å²) in [4.78, 5) is 11.0. The van der Waals surface area contributed by atoms with Crippen molar-refractivity contribution in [1.82, 2.24) is 0 Å². The first-order valence-electron chi connectivity index (χ1n) is 6.55. The maximum atomic E-state index is 11.0. The van der Waals surface area contributed by atoms with Gasteiger partial charge in [0, 0.05) is 6.04 Å². The topological polar surface area (TPSA) is 81.8 Å². The predicted molar refractivity (Wildman–Crippen MR) is 77.3 cm³/mol. The summed E-state index contributed by atoms with van der Waals surface area (Å²) in [6, 6.07) is 5.63. The van der Waals surface area contributed by atoms with E-state index in [9.17, 15) is 4.79 Å². The van der Waals surface area contributed by atoms with Crippen molar-refractivity contribution >= 4 is 5.97 Å². The lowest BCUT2D eigenvalue weighted by molar-refractivity contribution is -0.148. The Morgan fingerprint density at radius 2 is 2.05 bits per heavy atom. The quantitative estimate of drug-likeness (QED) is 0.799. The zero-order valence-corrected chi connectivity index (χ0v) is 12.5. The van der Waals surface area contributed by atoms with Crippen LogP contribution in [0.25, 0.3) is 0 Å². The van der Waals surface area contributed by atoms with E-state index in [0.29, 0.717) is 11.5 Å². The van der Waals surface area contributed by atoms with Crippen LogP contribution in [-0.2, 0) is 11.2 Å². The highest BCUT2D eigenvalue weighted by Crippen LogP contribution is 2.30. The monoisotopic (exact) mass is 281 g/mol. The molecule has 0 bridgehead atoms. The third-order valence-electron chi connectivity index (χ3n) is 2.95. The summed E-state index contributed by atoms with van der Waals surface area (Å²) in [5, 5.41) is 9.06. The number of carboxylic acids is 1. The molecule has 5 heteroatoms. The Labute approximate surface area is 119 Å². The number of hydrogen-bond donors (Lipinski definition) is 2. The summed E-state index contributed by atoms with van der Waals surface area (Å²) in [5.74, 6) is 0.227. The number of benzene rings is 1. The van der Waals surface area contributed by atoms with Gasteiger partial charge in [0.1, 0.15) is 6.61 Å². The number of hydrogen-bond acceptors (Lipinski definition) is 4. The third-order valence-corrected chi connectivity index (χ3v) is 2.95. The number of methoxy groups -OCH3 is 1. The van der Waals surface area contributed by atoms with Gasteiger partial charge in [-0.2, -0.15) is 0 Å². The number of ether oxygens (including phenoxy) is 2. The Morgan fingerprint density at radius 1 is 1.40 bits per heavy atom. The first-order valence-corrected chi connectivity index (χ1v) is 6.55. The summed E-state index contributed by atoms with van der Waals surface area (Å²) >= 11 is 0. The van der Waals surface area contributed by atoms with Crippen LogP contribution in [0.3, 0.4) is 0 Å². The SMILES string of the molecule is COc1cc(CC(C)N)ccc1OCC(C)(C)C(=O)O. The van der Waals surface area contributed by atoms with E-state index in [4.69, 9.17) is 20.3 Å². The fourth-order valence-corrected chi connectivity index (χ4v) is 1.65. The van der Waals surface area contributed by atoms with E-state index in [1.807, 2.05) is 19.1 Å². The second-order valence-electron chi connectivity index (χ2n) is 5.64. The van der Waals surface area contributed by atoms with E-state index in [-0.39, 0.29) is 12.6 Å². The standard InChI is InChI=1S/C15H23NO4/c1-10(16)7-11-5-6-12(13(8-11)19-4)20-9-15(2,3)14(17)18/h5-6,8,10H,7,9,16H2,1-4H3,(H,17,18). The molecule has 0 aromatic heterocycles.